The number of methoxy groups -OCH3 is 1. The Morgan fingerprint density at radius 2 is 2.16 bits per heavy atom. The van der Waals surface area contributed by atoms with E-state index in [1.54, 1.807) is 7.11 Å². The minimum atomic E-state index is -0.154. The molecule has 1 heterocycles. The van der Waals surface area contributed by atoms with Gasteiger partial charge in [-0.05, 0) is 32.6 Å². The number of aromatic nitrogens is 2. The van der Waals surface area contributed by atoms with Crippen molar-refractivity contribution in [2.45, 2.75) is 64.1 Å². The van der Waals surface area contributed by atoms with Crippen molar-refractivity contribution in [2.75, 3.05) is 7.11 Å². The first-order valence-electron chi connectivity index (χ1n) is 7.12. The van der Waals surface area contributed by atoms with E-state index in [9.17, 15) is 0 Å². The van der Waals surface area contributed by atoms with Gasteiger partial charge in [0, 0.05) is 26.1 Å². The maximum atomic E-state index is 6.43. The zero-order valence-electron chi connectivity index (χ0n) is 12.1. The molecular weight excluding hydrogens is 262 g/mol. The summed E-state index contributed by atoms with van der Waals surface area (Å²) in [5.74, 6) is 0. The normalized spacial score (nSPS) is 19.2. The minimum Gasteiger partial charge on any atom is -0.377 e. The Labute approximate surface area is 120 Å². The Balaban J connectivity index is 2.20. The Morgan fingerprint density at radius 3 is 2.58 bits per heavy atom. The van der Waals surface area contributed by atoms with Crippen molar-refractivity contribution in [3.63, 3.8) is 0 Å². The first kappa shape index (κ1) is 14.8. The third-order valence-corrected chi connectivity index (χ3v) is 4.83. The van der Waals surface area contributed by atoms with Crippen molar-refractivity contribution in [3.8, 4) is 0 Å². The van der Waals surface area contributed by atoms with Crippen molar-refractivity contribution in [2.24, 2.45) is 5.73 Å². The van der Waals surface area contributed by atoms with Crippen LogP contribution in [0.4, 0.5) is 0 Å². The van der Waals surface area contributed by atoms with Crippen LogP contribution in [0.2, 0.25) is 5.02 Å². The summed E-state index contributed by atoms with van der Waals surface area (Å²) in [4.78, 5) is 0. The van der Waals surface area contributed by atoms with E-state index >= 15 is 0 Å². The lowest BCUT2D eigenvalue weighted by molar-refractivity contribution is -0.0899. The summed E-state index contributed by atoms with van der Waals surface area (Å²) in [7, 11) is 1.76. The van der Waals surface area contributed by atoms with Crippen molar-refractivity contribution in [1.29, 1.82) is 0 Å². The first-order valence-corrected chi connectivity index (χ1v) is 7.50. The van der Waals surface area contributed by atoms with E-state index in [0.717, 1.165) is 48.6 Å². The predicted molar refractivity (Wildman–Crippen MR) is 77.6 cm³/mol. The lowest BCUT2D eigenvalue weighted by Gasteiger charge is -2.45. The molecule has 0 amide bonds. The molecule has 1 unspecified atom stereocenters. The highest BCUT2D eigenvalue weighted by Gasteiger charge is 2.43. The lowest BCUT2D eigenvalue weighted by Crippen LogP contribution is -2.55. The zero-order valence-corrected chi connectivity index (χ0v) is 12.8. The predicted octanol–water partition coefficient (Wildman–Crippen LogP) is 2.56. The second-order valence-electron chi connectivity index (χ2n) is 5.31. The number of ether oxygens (including phenoxy) is 1. The zero-order chi connectivity index (χ0) is 14.0. The Morgan fingerprint density at radius 1 is 1.47 bits per heavy atom. The van der Waals surface area contributed by atoms with Gasteiger partial charge in [0.15, 0.2) is 0 Å². The van der Waals surface area contributed by atoms with Crippen LogP contribution in [-0.2, 0) is 24.1 Å². The van der Waals surface area contributed by atoms with Gasteiger partial charge in [-0.1, -0.05) is 18.5 Å². The number of hydrogen-bond acceptors (Lipinski definition) is 3. The highest BCUT2D eigenvalue weighted by atomic mass is 35.5. The fraction of sp³-hybridized carbons (Fsp3) is 0.786. The minimum absolute atomic E-state index is 0.0181. The molecule has 0 spiro atoms. The monoisotopic (exact) mass is 285 g/mol. The Bertz CT molecular complexity index is 435. The number of hydrogen-bond donors (Lipinski definition) is 1. The molecule has 1 saturated carbocycles. The van der Waals surface area contributed by atoms with Gasteiger partial charge in [0.1, 0.15) is 0 Å². The summed E-state index contributed by atoms with van der Waals surface area (Å²) in [5, 5.41) is 5.32. The van der Waals surface area contributed by atoms with Gasteiger partial charge in [0.25, 0.3) is 0 Å². The molecule has 5 heteroatoms. The molecule has 1 aliphatic rings. The van der Waals surface area contributed by atoms with Crippen LogP contribution in [0.15, 0.2) is 0 Å². The summed E-state index contributed by atoms with van der Waals surface area (Å²) in [5.41, 5.74) is 8.24. The Kier molecular flexibility index (Phi) is 4.54. The molecule has 1 aromatic rings. The molecule has 0 bridgehead atoms. The van der Waals surface area contributed by atoms with Crippen molar-refractivity contribution < 1.29 is 4.74 Å². The molecule has 0 aliphatic heterocycles. The Hall–Kier alpha value is -0.580. The highest BCUT2D eigenvalue weighted by molar-refractivity contribution is 6.31. The van der Waals surface area contributed by atoms with E-state index in [1.807, 2.05) is 4.68 Å². The van der Waals surface area contributed by atoms with E-state index < -0.39 is 0 Å². The van der Waals surface area contributed by atoms with Gasteiger partial charge < -0.3 is 10.5 Å². The first-order chi connectivity index (χ1) is 9.07. The van der Waals surface area contributed by atoms with Gasteiger partial charge in [0.05, 0.1) is 22.0 Å². The molecule has 2 N–H and O–H groups in total. The van der Waals surface area contributed by atoms with E-state index in [0.29, 0.717) is 0 Å². The standard InChI is InChI=1S/C14H24ClN3O/c1-4-10-13(15)11(18(5-2)17-10)9-12(16)14(19-3)7-6-8-14/h12H,4-9,16H2,1-3H3. The van der Waals surface area contributed by atoms with Gasteiger partial charge in [-0.3, -0.25) is 4.68 Å². The number of aryl methyl sites for hydroxylation is 2. The van der Waals surface area contributed by atoms with Gasteiger partial charge >= 0.3 is 0 Å². The van der Waals surface area contributed by atoms with Gasteiger partial charge in [-0.15, -0.1) is 0 Å². The van der Waals surface area contributed by atoms with E-state index in [4.69, 9.17) is 22.1 Å². The third-order valence-electron chi connectivity index (χ3n) is 4.39. The largest absolute Gasteiger partial charge is 0.377 e. The molecule has 0 saturated heterocycles. The second kappa shape index (κ2) is 5.81. The van der Waals surface area contributed by atoms with Crippen LogP contribution < -0.4 is 5.73 Å². The molecule has 1 atom stereocenters. The van der Waals surface area contributed by atoms with Crippen LogP contribution in [0.3, 0.4) is 0 Å². The van der Waals surface area contributed by atoms with Gasteiger partial charge in [0.2, 0.25) is 0 Å². The molecule has 1 fully saturated rings. The summed E-state index contributed by atoms with van der Waals surface area (Å²) in [6.45, 7) is 4.97. The molecule has 1 aromatic heterocycles. The average molecular weight is 286 g/mol. The van der Waals surface area contributed by atoms with E-state index in [2.05, 4.69) is 18.9 Å². The molecule has 0 aromatic carbocycles. The quantitative estimate of drug-likeness (QED) is 0.874. The molecular formula is C14H24ClN3O. The van der Waals surface area contributed by atoms with Crippen molar-refractivity contribution >= 4 is 11.6 Å². The number of rotatable bonds is 6. The molecule has 2 rings (SSSR count). The summed E-state index contributed by atoms with van der Waals surface area (Å²) < 4.78 is 7.63. The average Bonchev–Trinajstić information content (AvgIpc) is 2.65. The van der Waals surface area contributed by atoms with Crippen LogP contribution in [-0.4, -0.2) is 28.5 Å². The molecule has 1 aliphatic carbocycles. The van der Waals surface area contributed by atoms with Crippen LogP contribution in [0.25, 0.3) is 0 Å². The van der Waals surface area contributed by atoms with Crippen LogP contribution >= 0.6 is 11.6 Å². The van der Waals surface area contributed by atoms with E-state index in [-0.39, 0.29) is 11.6 Å². The third kappa shape index (κ3) is 2.54. The van der Waals surface area contributed by atoms with Gasteiger partial charge in [-0.2, -0.15) is 5.10 Å². The second-order valence-corrected chi connectivity index (χ2v) is 5.69. The lowest BCUT2D eigenvalue weighted by atomic mass is 9.73. The number of nitrogens with two attached hydrogens (primary N) is 1. The maximum absolute atomic E-state index is 6.43. The maximum Gasteiger partial charge on any atom is 0.0850 e. The van der Waals surface area contributed by atoms with Crippen LogP contribution in [0.1, 0.15) is 44.5 Å². The highest BCUT2D eigenvalue weighted by Crippen LogP contribution is 2.39. The van der Waals surface area contributed by atoms with Gasteiger partial charge in [-0.25, -0.2) is 0 Å². The smallest absolute Gasteiger partial charge is 0.0850 e. The van der Waals surface area contributed by atoms with Crippen LogP contribution in [0, 0.1) is 0 Å². The molecule has 4 nitrogen and oxygen atoms in total. The van der Waals surface area contributed by atoms with E-state index in [1.165, 1.54) is 6.42 Å². The van der Waals surface area contributed by atoms with Crippen molar-refractivity contribution in [1.82, 2.24) is 9.78 Å². The fourth-order valence-electron chi connectivity index (χ4n) is 2.86. The SMILES string of the molecule is CCc1nn(CC)c(CC(N)C2(OC)CCC2)c1Cl. The number of nitrogens with zero attached hydrogens (tertiary/aromatic N) is 2. The number of halogens is 1. The molecule has 19 heavy (non-hydrogen) atoms. The molecule has 0 radical (unpaired) electrons. The summed E-state index contributed by atoms with van der Waals surface area (Å²) in [6, 6.07) is -0.0181. The van der Waals surface area contributed by atoms with Crippen LogP contribution in [0.5, 0.6) is 0 Å². The molecule has 108 valence electrons. The summed E-state index contributed by atoms with van der Waals surface area (Å²) >= 11 is 6.43. The topological polar surface area (TPSA) is 53.1 Å². The summed E-state index contributed by atoms with van der Waals surface area (Å²) in [6.07, 6.45) is 4.87. The fourth-order valence-corrected chi connectivity index (χ4v) is 3.20. The van der Waals surface area contributed by atoms with Crippen molar-refractivity contribution in [3.05, 3.63) is 16.4 Å².